The Labute approximate surface area is 116 Å². The van der Waals surface area contributed by atoms with Crippen LogP contribution in [0.25, 0.3) is 0 Å². The maximum Gasteiger partial charge on any atom is 0.244 e. The zero-order valence-electron chi connectivity index (χ0n) is 12.2. The zero-order valence-corrected chi connectivity index (χ0v) is 12.2. The number of nitrogens with two attached hydrogens (primary N) is 1. The van der Waals surface area contributed by atoms with Crippen LogP contribution >= 0.6 is 0 Å². The van der Waals surface area contributed by atoms with Crippen molar-refractivity contribution in [3.05, 3.63) is 35.9 Å². The van der Waals surface area contributed by atoms with Crippen LogP contribution in [0.4, 0.5) is 0 Å². The molecule has 0 aliphatic carbocycles. The second-order valence-corrected chi connectivity index (χ2v) is 4.96. The third-order valence-electron chi connectivity index (χ3n) is 3.15. The highest BCUT2D eigenvalue weighted by Gasteiger charge is 2.20. The summed E-state index contributed by atoms with van der Waals surface area (Å²) in [5.41, 5.74) is 6.92. The summed E-state index contributed by atoms with van der Waals surface area (Å²) in [7, 11) is 4.07. The van der Waals surface area contributed by atoms with Gasteiger partial charge in [0.2, 0.25) is 5.91 Å². The van der Waals surface area contributed by atoms with Crippen LogP contribution in [0.15, 0.2) is 30.3 Å². The molecule has 1 amide bonds. The van der Waals surface area contributed by atoms with E-state index in [1.54, 1.807) is 0 Å². The molecule has 4 nitrogen and oxygen atoms in total. The molecule has 0 bridgehead atoms. The van der Waals surface area contributed by atoms with E-state index in [4.69, 9.17) is 5.73 Å². The number of nitrogens with zero attached hydrogens (tertiary/aromatic N) is 2. The summed E-state index contributed by atoms with van der Waals surface area (Å²) in [6.07, 6.45) is 0.966. The Morgan fingerprint density at radius 3 is 2.37 bits per heavy atom. The van der Waals surface area contributed by atoms with E-state index in [-0.39, 0.29) is 5.91 Å². The van der Waals surface area contributed by atoms with Crippen LogP contribution in [0.2, 0.25) is 0 Å². The minimum Gasteiger partial charge on any atom is -0.341 e. The molecule has 4 heteroatoms. The van der Waals surface area contributed by atoms with Crippen LogP contribution in [-0.2, 0) is 4.79 Å². The minimum atomic E-state index is -0.555. The molecule has 0 radical (unpaired) electrons. The molecule has 1 aromatic rings. The van der Waals surface area contributed by atoms with Crippen molar-refractivity contribution in [3.63, 3.8) is 0 Å². The third-order valence-corrected chi connectivity index (χ3v) is 3.15. The molecule has 0 fully saturated rings. The fourth-order valence-electron chi connectivity index (χ4n) is 2.00. The zero-order chi connectivity index (χ0) is 14.3. The molecule has 2 N–H and O–H groups in total. The Balaban J connectivity index is 2.58. The van der Waals surface area contributed by atoms with Gasteiger partial charge >= 0.3 is 0 Å². The standard InChI is InChI=1S/C15H25N3O/c1-4-18(12-8-11-17(2)3)15(19)14(16)13-9-6-5-7-10-13/h5-7,9-10,14H,4,8,11-12,16H2,1-3H3/t14-/m0/s1. The molecule has 0 aliphatic heterocycles. The smallest absolute Gasteiger partial charge is 0.244 e. The first-order valence-electron chi connectivity index (χ1n) is 6.80. The summed E-state index contributed by atoms with van der Waals surface area (Å²) in [4.78, 5) is 16.3. The van der Waals surface area contributed by atoms with E-state index in [1.807, 2.05) is 56.3 Å². The summed E-state index contributed by atoms with van der Waals surface area (Å²) >= 11 is 0. The summed E-state index contributed by atoms with van der Waals surface area (Å²) < 4.78 is 0. The van der Waals surface area contributed by atoms with Gasteiger partial charge in [-0.05, 0) is 39.5 Å². The van der Waals surface area contributed by atoms with E-state index in [9.17, 15) is 4.79 Å². The van der Waals surface area contributed by atoms with Crippen LogP contribution in [-0.4, -0.2) is 49.4 Å². The van der Waals surface area contributed by atoms with Crippen molar-refractivity contribution in [1.82, 2.24) is 9.80 Å². The maximum atomic E-state index is 12.3. The molecule has 0 aliphatic rings. The number of hydrogen-bond donors (Lipinski definition) is 1. The first-order valence-corrected chi connectivity index (χ1v) is 6.80. The summed E-state index contributed by atoms with van der Waals surface area (Å²) in [6.45, 7) is 4.43. The van der Waals surface area contributed by atoms with Crippen LogP contribution < -0.4 is 5.73 Å². The molecular formula is C15H25N3O. The second kappa shape index (κ2) is 7.92. The van der Waals surface area contributed by atoms with Crippen LogP contribution in [0.1, 0.15) is 24.9 Å². The maximum absolute atomic E-state index is 12.3. The number of hydrogen-bond acceptors (Lipinski definition) is 3. The molecule has 0 saturated heterocycles. The second-order valence-electron chi connectivity index (χ2n) is 4.96. The van der Waals surface area contributed by atoms with E-state index in [0.29, 0.717) is 6.54 Å². The lowest BCUT2D eigenvalue weighted by Crippen LogP contribution is -2.39. The fourth-order valence-corrected chi connectivity index (χ4v) is 2.00. The predicted molar refractivity (Wildman–Crippen MR) is 78.8 cm³/mol. The molecule has 1 rings (SSSR count). The van der Waals surface area contributed by atoms with Gasteiger partial charge in [-0.15, -0.1) is 0 Å². The van der Waals surface area contributed by atoms with Gasteiger partial charge in [0.05, 0.1) is 0 Å². The van der Waals surface area contributed by atoms with Gasteiger partial charge in [0.15, 0.2) is 0 Å². The van der Waals surface area contributed by atoms with E-state index in [1.165, 1.54) is 0 Å². The average molecular weight is 263 g/mol. The molecule has 0 unspecified atom stereocenters. The molecule has 19 heavy (non-hydrogen) atoms. The number of carbonyl (C=O) groups excluding carboxylic acids is 1. The molecule has 1 atom stereocenters. The SMILES string of the molecule is CCN(CCCN(C)C)C(=O)[C@@H](N)c1ccccc1. The molecule has 0 heterocycles. The van der Waals surface area contributed by atoms with Gasteiger partial charge in [-0.25, -0.2) is 0 Å². The van der Waals surface area contributed by atoms with Gasteiger partial charge in [-0.2, -0.15) is 0 Å². The van der Waals surface area contributed by atoms with Crippen LogP contribution in [0, 0.1) is 0 Å². The van der Waals surface area contributed by atoms with Gasteiger partial charge in [0.25, 0.3) is 0 Å². The highest BCUT2D eigenvalue weighted by Crippen LogP contribution is 2.13. The first-order chi connectivity index (χ1) is 9.06. The Hall–Kier alpha value is -1.39. The Bertz CT molecular complexity index is 378. The van der Waals surface area contributed by atoms with Crippen molar-refractivity contribution in [2.24, 2.45) is 5.73 Å². The monoisotopic (exact) mass is 263 g/mol. The van der Waals surface area contributed by atoms with Gasteiger partial charge < -0.3 is 15.5 Å². The topological polar surface area (TPSA) is 49.6 Å². The lowest BCUT2D eigenvalue weighted by Gasteiger charge is -2.25. The lowest BCUT2D eigenvalue weighted by atomic mass is 10.1. The highest BCUT2D eigenvalue weighted by atomic mass is 16.2. The van der Waals surface area contributed by atoms with Gasteiger partial charge in [0, 0.05) is 13.1 Å². The van der Waals surface area contributed by atoms with Crippen molar-refractivity contribution in [2.75, 3.05) is 33.7 Å². The average Bonchev–Trinajstić information content (AvgIpc) is 2.43. The van der Waals surface area contributed by atoms with Gasteiger partial charge in [-0.3, -0.25) is 4.79 Å². The largest absolute Gasteiger partial charge is 0.341 e. The number of benzene rings is 1. The van der Waals surface area contributed by atoms with Gasteiger partial charge in [-0.1, -0.05) is 30.3 Å². The predicted octanol–water partition coefficient (Wildman–Crippen LogP) is 1.49. The quantitative estimate of drug-likeness (QED) is 0.811. The first kappa shape index (κ1) is 15.7. The minimum absolute atomic E-state index is 0.00690. The Morgan fingerprint density at radius 1 is 1.21 bits per heavy atom. The summed E-state index contributed by atoms with van der Waals surface area (Å²) in [6, 6.07) is 8.98. The van der Waals surface area contributed by atoms with Gasteiger partial charge in [0.1, 0.15) is 6.04 Å². The number of amides is 1. The number of rotatable bonds is 7. The Kier molecular flexibility index (Phi) is 6.53. The van der Waals surface area contributed by atoms with E-state index in [2.05, 4.69) is 4.90 Å². The normalized spacial score (nSPS) is 12.5. The summed E-state index contributed by atoms with van der Waals surface area (Å²) in [5.74, 6) is 0.00690. The molecule has 0 saturated carbocycles. The van der Waals surface area contributed by atoms with E-state index >= 15 is 0 Å². The van der Waals surface area contributed by atoms with Crippen LogP contribution in [0.3, 0.4) is 0 Å². The highest BCUT2D eigenvalue weighted by molar-refractivity contribution is 5.83. The molecule has 0 spiro atoms. The Morgan fingerprint density at radius 2 is 1.84 bits per heavy atom. The van der Waals surface area contributed by atoms with Crippen molar-refractivity contribution < 1.29 is 4.79 Å². The fraction of sp³-hybridized carbons (Fsp3) is 0.533. The molecular weight excluding hydrogens is 238 g/mol. The van der Waals surface area contributed by atoms with E-state index < -0.39 is 6.04 Å². The third kappa shape index (κ3) is 5.01. The van der Waals surface area contributed by atoms with Crippen molar-refractivity contribution in [1.29, 1.82) is 0 Å². The number of carbonyl (C=O) groups is 1. The van der Waals surface area contributed by atoms with Crippen LogP contribution in [0.5, 0.6) is 0 Å². The van der Waals surface area contributed by atoms with Crippen molar-refractivity contribution in [3.8, 4) is 0 Å². The molecule has 0 aromatic heterocycles. The van der Waals surface area contributed by atoms with E-state index in [0.717, 1.165) is 25.1 Å². The lowest BCUT2D eigenvalue weighted by molar-refractivity contribution is -0.132. The van der Waals surface area contributed by atoms with Crippen molar-refractivity contribution in [2.45, 2.75) is 19.4 Å². The summed E-state index contributed by atoms with van der Waals surface area (Å²) in [5, 5.41) is 0. The van der Waals surface area contributed by atoms with Crippen molar-refractivity contribution >= 4 is 5.91 Å². The number of likely N-dealkylation sites (N-methyl/N-ethyl adjacent to an activating group) is 1. The molecule has 1 aromatic carbocycles. The molecule has 106 valence electrons.